The number of carbonyl (C=O) groups excluding carboxylic acids is 2. The van der Waals surface area contributed by atoms with Gasteiger partial charge in [0, 0.05) is 19.2 Å². The standard InChI is InChI=1S/C16H22N2O4/c1-3-4-8-18-15(19)12-21-9-10-22-14-7-5-6-13(11-14)16(20)17-2/h3-7,11H,8-10,12H2,1-2H3,(H,17,20)(H,18,19)/b4-3+. The van der Waals surface area contributed by atoms with Crippen molar-refractivity contribution < 1.29 is 19.1 Å². The van der Waals surface area contributed by atoms with Crippen LogP contribution in [0.2, 0.25) is 0 Å². The molecule has 6 heteroatoms. The van der Waals surface area contributed by atoms with E-state index in [1.165, 1.54) is 0 Å². The Kier molecular flexibility index (Phi) is 8.37. The van der Waals surface area contributed by atoms with Crippen molar-refractivity contribution in [2.24, 2.45) is 0 Å². The van der Waals surface area contributed by atoms with Crippen LogP contribution in [0.1, 0.15) is 17.3 Å². The van der Waals surface area contributed by atoms with E-state index in [9.17, 15) is 9.59 Å². The van der Waals surface area contributed by atoms with Gasteiger partial charge in [0.1, 0.15) is 19.0 Å². The average molecular weight is 306 g/mol. The highest BCUT2D eigenvalue weighted by molar-refractivity contribution is 5.94. The van der Waals surface area contributed by atoms with Crippen LogP contribution in [0.4, 0.5) is 0 Å². The summed E-state index contributed by atoms with van der Waals surface area (Å²) in [7, 11) is 1.57. The quantitative estimate of drug-likeness (QED) is 0.530. The maximum absolute atomic E-state index is 11.5. The molecule has 0 spiro atoms. The second-order valence-electron chi connectivity index (χ2n) is 4.38. The van der Waals surface area contributed by atoms with Crippen LogP contribution in [0.15, 0.2) is 36.4 Å². The van der Waals surface area contributed by atoms with E-state index >= 15 is 0 Å². The molecule has 0 heterocycles. The molecule has 0 atom stereocenters. The Labute approximate surface area is 130 Å². The van der Waals surface area contributed by atoms with E-state index in [0.29, 0.717) is 31.1 Å². The van der Waals surface area contributed by atoms with E-state index in [2.05, 4.69) is 10.6 Å². The Morgan fingerprint density at radius 1 is 1.27 bits per heavy atom. The van der Waals surface area contributed by atoms with E-state index < -0.39 is 0 Å². The third kappa shape index (κ3) is 6.90. The zero-order valence-electron chi connectivity index (χ0n) is 12.9. The first-order valence-electron chi connectivity index (χ1n) is 7.08. The fraction of sp³-hybridized carbons (Fsp3) is 0.375. The molecule has 0 aliphatic carbocycles. The minimum atomic E-state index is -0.167. The van der Waals surface area contributed by atoms with Gasteiger partial charge in [-0.2, -0.15) is 0 Å². The molecule has 6 nitrogen and oxygen atoms in total. The van der Waals surface area contributed by atoms with Crippen LogP contribution in [0.3, 0.4) is 0 Å². The number of hydrogen-bond acceptors (Lipinski definition) is 4. The summed E-state index contributed by atoms with van der Waals surface area (Å²) < 4.78 is 10.7. The molecule has 0 saturated carbocycles. The zero-order chi connectivity index (χ0) is 16.2. The first kappa shape index (κ1) is 17.7. The van der Waals surface area contributed by atoms with Crippen LogP contribution in [-0.4, -0.2) is 45.2 Å². The molecular weight excluding hydrogens is 284 g/mol. The number of nitrogens with one attached hydrogen (secondary N) is 2. The molecule has 0 aliphatic heterocycles. The van der Waals surface area contributed by atoms with Crippen molar-refractivity contribution in [2.45, 2.75) is 6.92 Å². The van der Waals surface area contributed by atoms with Gasteiger partial charge in [-0.15, -0.1) is 0 Å². The molecule has 2 amide bonds. The normalized spacial score (nSPS) is 10.5. The van der Waals surface area contributed by atoms with Crippen molar-refractivity contribution in [1.29, 1.82) is 0 Å². The predicted octanol–water partition coefficient (Wildman–Crippen LogP) is 1.13. The molecule has 0 saturated heterocycles. The molecule has 1 rings (SSSR count). The molecule has 0 bridgehead atoms. The van der Waals surface area contributed by atoms with Gasteiger partial charge in [0.2, 0.25) is 5.91 Å². The lowest BCUT2D eigenvalue weighted by Gasteiger charge is -2.08. The third-order valence-electron chi connectivity index (χ3n) is 2.71. The van der Waals surface area contributed by atoms with Crippen LogP contribution in [0, 0.1) is 0 Å². The Hall–Kier alpha value is -2.34. The van der Waals surface area contributed by atoms with Crippen LogP contribution in [0.5, 0.6) is 5.75 Å². The molecule has 0 aromatic heterocycles. The summed E-state index contributed by atoms with van der Waals surface area (Å²) in [5, 5.41) is 5.23. The number of rotatable bonds is 9. The number of benzene rings is 1. The Bertz CT molecular complexity index is 515. The van der Waals surface area contributed by atoms with Crippen molar-refractivity contribution >= 4 is 11.8 Å². The molecule has 2 N–H and O–H groups in total. The molecule has 120 valence electrons. The first-order chi connectivity index (χ1) is 10.7. The topological polar surface area (TPSA) is 76.7 Å². The van der Waals surface area contributed by atoms with E-state index in [1.54, 1.807) is 31.3 Å². The lowest BCUT2D eigenvalue weighted by atomic mass is 10.2. The zero-order valence-corrected chi connectivity index (χ0v) is 12.9. The second-order valence-corrected chi connectivity index (χ2v) is 4.38. The van der Waals surface area contributed by atoms with Gasteiger partial charge in [-0.25, -0.2) is 0 Å². The van der Waals surface area contributed by atoms with Crippen molar-refractivity contribution in [1.82, 2.24) is 10.6 Å². The minimum absolute atomic E-state index is 0.000799. The Morgan fingerprint density at radius 2 is 2.09 bits per heavy atom. The smallest absolute Gasteiger partial charge is 0.251 e. The van der Waals surface area contributed by atoms with Crippen LogP contribution >= 0.6 is 0 Å². The SMILES string of the molecule is C/C=C/CNC(=O)COCCOc1cccc(C(=O)NC)c1. The van der Waals surface area contributed by atoms with Crippen molar-refractivity contribution in [2.75, 3.05) is 33.4 Å². The van der Waals surface area contributed by atoms with Gasteiger partial charge >= 0.3 is 0 Å². The molecule has 0 aliphatic rings. The first-order valence-corrected chi connectivity index (χ1v) is 7.08. The number of amides is 2. The molecular formula is C16H22N2O4. The van der Waals surface area contributed by atoms with Gasteiger partial charge in [-0.05, 0) is 25.1 Å². The number of carbonyl (C=O) groups is 2. The third-order valence-corrected chi connectivity index (χ3v) is 2.71. The van der Waals surface area contributed by atoms with Crippen LogP contribution in [-0.2, 0) is 9.53 Å². The summed E-state index contributed by atoms with van der Waals surface area (Å²) in [6.45, 7) is 2.99. The van der Waals surface area contributed by atoms with E-state index in [-0.39, 0.29) is 18.4 Å². The van der Waals surface area contributed by atoms with E-state index in [0.717, 1.165) is 0 Å². The van der Waals surface area contributed by atoms with E-state index in [4.69, 9.17) is 9.47 Å². The van der Waals surface area contributed by atoms with Crippen molar-refractivity contribution in [3.8, 4) is 5.75 Å². The van der Waals surface area contributed by atoms with Gasteiger partial charge in [0.15, 0.2) is 0 Å². The van der Waals surface area contributed by atoms with Gasteiger partial charge in [-0.3, -0.25) is 9.59 Å². The summed E-state index contributed by atoms with van der Waals surface area (Å²) in [6, 6.07) is 6.87. The number of allylic oxidation sites excluding steroid dienone is 1. The summed E-state index contributed by atoms with van der Waals surface area (Å²) in [4.78, 5) is 22.8. The predicted molar refractivity (Wildman–Crippen MR) is 84.0 cm³/mol. The highest BCUT2D eigenvalue weighted by Gasteiger charge is 2.04. The van der Waals surface area contributed by atoms with Gasteiger partial charge in [-0.1, -0.05) is 18.2 Å². The molecule has 1 aromatic carbocycles. The molecule has 0 fully saturated rings. The molecule has 22 heavy (non-hydrogen) atoms. The largest absolute Gasteiger partial charge is 0.491 e. The highest BCUT2D eigenvalue weighted by Crippen LogP contribution is 2.13. The van der Waals surface area contributed by atoms with Gasteiger partial charge in [0.05, 0.1) is 6.61 Å². The summed E-state index contributed by atoms with van der Waals surface area (Å²) in [6.07, 6.45) is 3.71. The monoisotopic (exact) mass is 306 g/mol. The Morgan fingerprint density at radius 3 is 2.82 bits per heavy atom. The summed E-state index contributed by atoms with van der Waals surface area (Å²) >= 11 is 0. The second kappa shape index (κ2) is 10.4. The number of ether oxygens (including phenoxy) is 2. The maximum Gasteiger partial charge on any atom is 0.251 e. The fourth-order valence-corrected chi connectivity index (χ4v) is 1.60. The van der Waals surface area contributed by atoms with Gasteiger partial charge < -0.3 is 20.1 Å². The number of hydrogen-bond donors (Lipinski definition) is 2. The van der Waals surface area contributed by atoms with E-state index in [1.807, 2.05) is 19.1 Å². The summed E-state index contributed by atoms with van der Waals surface area (Å²) in [5.41, 5.74) is 0.532. The van der Waals surface area contributed by atoms with Crippen LogP contribution < -0.4 is 15.4 Å². The summed E-state index contributed by atoms with van der Waals surface area (Å²) in [5.74, 6) is 0.251. The minimum Gasteiger partial charge on any atom is -0.491 e. The lowest BCUT2D eigenvalue weighted by Crippen LogP contribution is -2.28. The van der Waals surface area contributed by atoms with Crippen molar-refractivity contribution in [3.63, 3.8) is 0 Å². The fourth-order valence-electron chi connectivity index (χ4n) is 1.60. The highest BCUT2D eigenvalue weighted by atomic mass is 16.5. The Balaban J connectivity index is 2.22. The molecule has 0 unspecified atom stereocenters. The van der Waals surface area contributed by atoms with Gasteiger partial charge in [0.25, 0.3) is 5.91 Å². The van der Waals surface area contributed by atoms with Crippen LogP contribution in [0.25, 0.3) is 0 Å². The molecule has 1 aromatic rings. The lowest BCUT2D eigenvalue weighted by molar-refractivity contribution is -0.125. The van der Waals surface area contributed by atoms with Crippen molar-refractivity contribution in [3.05, 3.63) is 42.0 Å². The maximum atomic E-state index is 11.5. The average Bonchev–Trinajstić information content (AvgIpc) is 2.54. The molecule has 0 radical (unpaired) electrons.